The van der Waals surface area contributed by atoms with Crippen molar-refractivity contribution in [1.82, 2.24) is 15.1 Å². The highest BCUT2D eigenvalue weighted by Gasteiger charge is 2.31. The van der Waals surface area contributed by atoms with Crippen molar-refractivity contribution in [3.63, 3.8) is 0 Å². The predicted molar refractivity (Wildman–Crippen MR) is 73.4 cm³/mol. The highest BCUT2D eigenvalue weighted by Crippen LogP contribution is 2.22. The molecule has 17 heavy (non-hydrogen) atoms. The second-order valence-corrected chi connectivity index (χ2v) is 5.68. The van der Waals surface area contributed by atoms with Crippen molar-refractivity contribution < 1.29 is 0 Å². The minimum atomic E-state index is 0.762. The molecular formula is C14H29N3. The molecule has 0 bridgehead atoms. The van der Waals surface area contributed by atoms with Crippen molar-refractivity contribution in [3.05, 3.63) is 0 Å². The molecule has 2 heterocycles. The van der Waals surface area contributed by atoms with E-state index in [-0.39, 0.29) is 0 Å². The van der Waals surface area contributed by atoms with Crippen molar-refractivity contribution in [2.45, 2.75) is 51.1 Å². The Kier molecular flexibility index (Phi) is 5.26. The molecule has 2 atom stereocenters. The molecule has 0 radical (unpaired) electrons. The minimum absolute atomic E-state index is 0.762. The van der Waals surface area contributed by atoms with E-state index in [2.05, 4.69) is 29.1 Å². The van der Waals surface area contributed by atoms with Gasteiger partial charge in [0, 0.05) is 31.7 Å². The van der Waals surface area contributed by atoms with Crippen LogP contribution in [-0.4, -0.2) is 61.7 Å². The molecule has 2 fully saturated rings. The lowest BCUT2D eigenvalue weighted by Gasteiger charge is -2.29. The van der Waals surface area contributed by atoms with Gasteiger partial charge in [0.05, 0.1) is 0 Å². The molecule has 0 aromatic rings. The third-order valence-electron chi connectivity index (χ3n) is 4.43. The summed E-state index contributed by atoms with van der Waals surface area (Å²) in [6.07, 6.45) is 6.88. The first kappa shape index (κ1) is 13.3. The van der Waals surface area contributed by atoms with Gasteiger partial charge in [-0.05, 0) is 45.8 Å². The van der Waals surface area contributed by atoms with Crippen molar-refractivity contribution in [2.24, 2.45) is 0 Å². The number of nitrogens with zero attached hydrogens (tertiary/aromatic N) is 2. The van der Waals surface area contributed by atoms with Crippen LogP contribution >= 0.6 is 0 Å². The molecule has 1 N–H and O–H groups in total. The fourth-order valence-electron chi connectivity index (χ4n) is 3.49. The molecule has 0 aromatic carbocycles. The lowest BCUT2D eigenvalue weighted by Crippen LogP contribution is -2.42. The Morgan fingerprint density at radius 3 is 2.65 bits per heavy atom. The van der Waals surface area contributed by atoms with E-state index in [0.29, 0.717) is 0 Å². The topological polar surface area (TPSA) is 18.5 Å². The number of rotatable bonds is 6. The Balaban J connectivity index is 1.81. The third kappa shape index (κ3) is 3.43. The van der Waals surface area contributed by atoms with E-state index >= 15 is 0 Å². The molecule has 2 rings (SSSR count). The minimum Gasteiger partial charge on any atom is -0.318 e. The SMILES string of the molecule is CCCC(CNC)N1CCC(N2CCCC2)C1. The van der Waals surface area contributed by atoms with Crippen LogP contribution in [0.4, 0.5) is 0 Å². The highest BCUT2D eigenvalue weighted by atomic mass is 15.3. The van der Waals surface area contributed by atoms with Gasteiger partial charge < -0.3 is 5.32 Å². The lowest BCUT2D eigenvalue weighted by atomic mass is 10.1. The zero-order valence-electron chi connectivity index (χ0n) is 11.6. The molecule has 0 amide bonds. The number of nitrogens with one attached hydrogen (secondary N) is 1. The molecule has 3 nitrogen and oxygen atoms in total. The van der Waals surface area contributed by atoms with Gasteiger partial charge >= 0.3 is 0 Å². The molecular weight excluding hydrogens is 210 g/mol. The number of hydrogen-bond acceptors (Lipinski definition) is 3. The maximum Gasteiger partial charge on any atom is 0.0235 e. The van der Waals surface area contributed by atoms with Crippen LogP contribution in [0.1, 0.15) is 39.0 Å². The summed E-state index contributed by atoms with van der Waals surface area (Å²) < 4.78 is 0. The second-order valence-electron chi connectivity index (χ2n) is 5.68. The summed E-state index contributed by atoms with van der Waals surface area (Å²) in [7, 11) is 2.08. The van der Waals surface area contributed by atoms with Gasteiger partial charge in [-0.15, -0.1) is 0 Å². The lowest BCUT2D eigenvalue weighted by molar-refractivity contribution is 0.190. The summed E-state index contributed by atoms with van der Waals surface area (Å²) in [4.78, 5) is 5.45. The van der Waals surface area contributed by atoms with Crippen LogP contribution in [0.2, 0.25) is 0 Å². The van der Waals surface area contributed by atoms with E-state index in [4.69, 9.17) is 0 Å². The van der Waals surface area contributed by atoms with E-state index in [0.717, 1.165) is 18.6 Å². The second kappa shape index (κ2) is 6.72. The fourth-order valence-corrected chi connectivity index (χ4v) is 3.49. The monoisotopic (exact) mass is 239 g/mol. The van der Waals surface area contributed by atoms with Gasteiger partial charge in [-0.25, -0.2) is 0 Å². The van der Waals surface area contributed by atoms with E-state index < -0.39 is 0 Å². The molecule has 2 saturated heterocycles. The van der Waals surface area contributed by atoms with Gasteiger partial charge in [0.2, 0.25) is 0 Å². The van der Waals surface area contributed by atoms with Gasteiger partial charge in [0.25, 0.3) is 0 Å². The third-order valence-corrected chi connectivity index (χ3v) is 4.43. The molecule has 0 saturated carbocycles. The maximum atomic E-state index is 3.36. The largest absolute Gasteiger partial charge is 0.318 e. The van der Waals surface area contributed by atoms with Gasteiger partial charge in [-0.2, -0.15) is 0 Å². The summed E-state index contributed by atoms with van der Waals surface area (Å²) >= 11 is 0. The molecule has 2 aliphatic rings. The molecule has 2 aliphatic heterocycles. The van der Waals surface area contributed by atoms with E-state index in [1.54, 1.807) is 0 Å². The van der Waals surface area contributed by atoms with Crippen LogP contribution in [-0.2, 0) is 0 Å². The molecule has 3 heteroatoms. The Morgan fingerprint density at radius 2 is 2.00 bits per heavy atom. The van der Waals surface area contributed by atoms with Gasteiger partial charge in [0.15, 0.2) is 0 Å². The number of likely N-dealkylation sites (N-methyl/N-ethyl adjacent to an activating group) is 1. The highest BCUT2D eigenvalue weighted by molar-refractivity contribution is 4.89. The van der Waals surface area contributed by atoms with Crippen LogP contribution in [0, 0.1) is 0 Å². The fraction of sp³-hybridized carbons (Fsp3) is 1.00. The molecule has 0 spiro atoms. The first-order chi connectivity index (χ1) is 8.35. The van der Waals surface area contributed by atoms with Gasteiger partial charge in [-0.1, -0.05) is 13.3 Å². The van der Waals surface area contributed by atoms with E-state index in [1.807, 2.05) is 0 Å². The van der Waals surface area contributed by atoms with Crippen molar-refractivity contribution in [1.29, 1.82) is 0 Å². The summed E-state index contributed by atoms with van der Waals surface area (Å²) in [5.74, 6) is 0. The zero-order chi connectivity index (χ0) is 12.1. The standard InChI is InChI=1S/C14H29N3/c1-3-6-13(11-15-2)17-10-7-14(12-17)16-8-4-5-9-16/h13-15H,3-12H2,1-2H3. The van der Waals surface area contributed by atoms with Crippen LogP contribution in [0.25, 0.3) is 0 Å². The average Bonchev–Trinajstić information content (AvgIpc) is 2.99. The van der Waals surface area contributed by atoms with Crippen LogP contribution in [0.15, 0.2) is 0 Å². The first-order valence-electron chi connectivity index (χ1n) is 7.47. The molecule has 2 unspecified atom stereocenters. The van der Waals surface area contributed by atoms with Crippen LogP contribution < -0.4 is 5.32 Å². The van der Waals surface area contributed by atoms with Crippen LogP contribution in [0.3, 0.4) is 0 Å². The Hall–Kier alpha value is -0.120. The van der Waals surface area contributed by atoms with Gasteiger partial charge in [-0.3, -0.25) is 9.80 Å². The van der Waals surface area contributed by atoms with Crippen molar-refractivity contribution in [2.75, 3.05) is 39.8 Å². The maximum absolute atomic E-state index is 3.36. The van der Waals surface area contributed by atoms with E-state index in [9.17, 15) is 0 Å². The quantitative estimate of drug-likeness (QED) is 0.758. The number of likely N-dealkylation sites (tertiary alicyclic amines) is 2. The average molecular weight is 239 g/mol. The summed E-state index contributed by atoms with van der Waals surface area (Å²) in [6.45, 7) is 8.78. The predicted octanol–water partition coefficient (Wildman–Crippen LogP) is 1.54. The molecule has 0 aromatic heterocycles. The number of hydrogen-bond donors (Lipinski definition) is 1. The molecule has 100 valence electrons. The van der Waals surface area contributed by atoms with Gasteiger partial charge in [0.1, 0.15) is 0 Å². The molecule has 0 aliphatic carbocycles. The smallest absolute Gasteiger partial charge is 0.0235 e. The summed E-state index contributed by atoms with van der Waals surface area (Å²) in [5, 5.41) is 3.36. The Bertz CT molecular complexity index is 208. The zero-order valence-corrected chi connectivity index (χ0v) is 11.6. The van der Waals surface area contributed by atoms with Crippen molar-refractivity contribution >= 4 is 0 Å². The van der Waals surface area contributed by atoms with Crippen molar-refractivity contribution in [3.8, 4) is 0 Å². The van der Waals surface area contributed by atoms with Crippen LogP contribution in [0.5, 0.6) is 0 Å². The summed E-state index contributed by atoms with van der Waals surface area (Å²) in [5.41, 5.74) is 0. The normalized spacial score (nSPS) is 28.9. The Morgan fingerprint density at radius 1 is 1.24 bits per heavy atom. The summed E-state index contributed by atoms with van der Waals surface area (Å²) in [6, 6.07) is 1.62. The Labute approximate surface area is 107 Å². The van der Waals surface area contributed by atoms with E-state index in [1.165, 1.54) is 58.3 Å². The first-order valence-corrected chi connectivity index (χ1v) is 7.47.